The van der Waals surface area contributed by atoms with Crippen LogP contribution in [0.5, 0.6) is 17.2 Å². The third kappa shape index (κ3) is 2.93. The molecule has 3 rings (SSSR count). The SMILES string of the molecule is COc1ccc(Cc2cc(=O)c3c(OC)cccc3o2)cc1OC. The van der Waals surface area contributed by atoms with Crippen LogP contribution in [0.1, 0.15) is 11.3 Å². The van der Waals surface area contributed by atoms with E-state index < -0.39 is 0 Å². The molecule has 0 fully saturated rings. The largest absolute Gasteiger partial charge is 0.496 e. The quantitative estimate of drug-likeness (QED) is 0.719. The van der Waals surface area contributed by atoms with Gasteiger partial charge in [-0.1, -0.05) is 12.1 Å². The summed E-state index contributed by atoms with van der Waals surface area (Å²) in [5, 5.41) is 0.455. The van der Waals surface area contributed by atoms with E-state index in [-0.39, 0.29) is 5.43 Å². The standard InChI is InChI=1S/C19H18O5/c1-21-15-8-7-12(10-18(15)23-3)9-13-11-14(20)19-16(22-2)5-4-6-17(19)24-13/h4-8,10-11H,9H2,1-3H3. The van der Waals surface area contributed by atoms with Gasteiger partial charge >= 0.3 is 0 Å². The Kier molecular flexibility index (Phi) is 4.42. The minimum Gasteiger partial charge on any atom is -0.496 e. The molecule has 1 heterocycles. The van der Waals surface area contributed by atoms with Gasteiger partial charge in [0.1, 0.15) is 22.5 Å². The summed E-state index contributed by atoms with van der Waals surface area (Å²) in [6, 6.07) is 12.4. The molecule has 0 saturated carbocycles. The lowest BCUT2D eigenvalue weighted by molar-refractivity contribution is 0.354. The first-order chi connectivity index (χ1) is 11.7. The zero-order valence-electron chi connectivity index (χ0n) is 13.8. The maximum absolute atomic E-state index is 12.4. The lowest BCUT2D eigenvalue weighted by Crippen LogP contribution is -2.04. The summed E-state index contributed by atoms with van der Waals surface area (Å²) < 4.78 is 21.6. The fourth-order valence-electron chi connectivity index (χ4n) is 2.68. The van der Waals surface area contributed by atoms with Gasteiger partial charge in [0.2, 0.25) is 0 Å². The molecule has 0 aliphatic heterocycles. The Morgan fingerprint density at radius 1 is 0.875 bits per heavy atom. The summed E-state index contributed by atoms with van der Waals surface area (Å²) in [6.45, 7) is 0. The smallest absolute Gasteiger partial charge is 0.196 e. The molecule has 1 aromatic heterocycles. The van der Waals surface area contributed by atoms with Gasteiger partial charge in [-0.2, -0.15) is 0 Å². The molecular formula is C19H18O5. The molecular weight excluding hydrogens is 308 g/mol. The normalized spacial score (nSPS) is 10.6. The number of benzene rings is 2. The molecule has 0 radical (unpaired) electrons. The first kappa shape index (κ1) is 15.9. The Balaban J connectivity index is 2.01. The van der Waals surface area contributed by atoms with Crippen molar-refractivity contribution in [1.29, 1.82) is 0 Å². The molecule has 0 saturated heterocycles. The highest BCUT2D eigenvalue weighted by atomic mass is 16.5. The van der Waals surface area contributed by atoms with Crippen LogP contribution >= 0.6 is 0 Å². The first-order valence-electron chi connectivity index (χ1n) is 7.47. The molecule has 0 amide bonds. The Morgan fingerprint density at radius 2 is 1.62 bits per heavy atom. The second kappa shape index (κ2) is 6.66. The molecule has 0 spiro atoms. The molecule has 0 unspecified atom stereocenters. The van der Waals surface area contributed by atoms with Gasteiger partial charge in [-0.25, -0.2) is 0 Å². The lowest BCUT2D eigenvalue weighted by Gasteiger charge is -2.10. The van der Waals surface area contributed by atoms with Gasteiger partial charge in [-0.05, 0) is 29.8 Å². The molecule has 5 nitrogen and oxygen atoms in total. The van der Waals surface area contributed by atoms with Gasteiger partial charge in [0.25, 0.3) is 0 Å². The van der Waals surface area contributed by atoms with E-state index in [2.05, 4.69) is 0 Å². The van der Waals surface area contributed by atoms with Crippen LogP contribution in [0.25, 0.3) is 11.0 Å². The average Bonchev–Trinajstić information content (AvgIpc) is 2.60. The minimum absolute atomic E-state index is 0.121. The Morgan fingerprint density at radius 3 is 2.33 bits per heavy atom. The van der Waals surface area contributed by atoms with Crippen LogP contribution in [-0.4, -0.2) is 21.3 Å². The summed E-state index contributed by atoms with van der Waals surface area (Å²) in [7, 11) is 4.71. The third-order valence-corrected chi connectivity index (χ3v) is 3.81. The highest BCUT2D eigenvalue weighted by Crippen LogP contribution is 2.29. The first-order valence-corrected chi connectivity index (χ1v) is 7.47. The average molecular weight is 326 g/mol. The van der Waals surface area contributed by atoms with Crippen molar-refractivity contribution < 1.29 is 18.6 Å². The molecule has 0 aliphatic carbocycles. The Hall–Kier alpha value is -2.95. The van der Waals surface area contributed by atoms with Crippen LogP contribution in [0.4, 0.5) is 0 Å². The minimum atomic E-state index is -0.121. The van der Waals surface area contributed by atoms with E-state index >= 15 is 0 Å². The highest BCUT2D eigenvalue weighted by Gasteiger charge is 2.11. The molecule has 0 aliphatic rings. The molecule has 24 heavy (non-hydrogen) atoms. The summed E-state index contributed by atoms with van der Waals surface area (Å²) >= 11 is 0. The van der Waals surface area contributed by atoms with Crippen LogP contribution in [-0.2, 0) is 6.42 Å². The molecule has 3 aromatic rings. The van der Waals surface area contributed by atoms with Crippen molar-refractivity contribution in [2.45, 2.75) is 6.42 Å². The van der Waals surface area contributed by atoms with Crippen molar-refractivity contribution in [2.24, 2.45) is 0 Å². The van der Waals surface area contributed by atoms with E-state index in [9.17, 15) is 4.79 Å². The zero-order chi connectivity index (χ0) is 17.1. The number of ether oxygens (including phenoxy) is 3. The highest BCUT2D eigenvalue weighted by molar-refractivity contribution is 5.83. The van der Waals surface area contributed by atoms with Crippen LogP contribution in [0, 0.1) is 0 Å². The van der Waals surface area contributed by atoms with Crippen LogP contribution in [0.2, 0.25) is 0 Å². The van der Waals surface area contributed by atoms with Crippen LogP contribution < -0.4 is 19.6 Å². The molecule has 2 aromatic carbocycles. The van der Waals surface area contributed by atoms with Crippen LogP contribution in [0.3, 0.4) is 0 Å². The van der Waals surface area contributed by atoms with E-state index in [0.29, 0.717) is 40.4 Å². The van der Waals surface area contributed by atoms with Gasteiger partial charge in [-0.3, -0.25) is 4.79 Å². The van der Waals surface area contributed by atoms with E-state index in [1.165, 1.54) is 13.2 Å². The molecule has 0 N–H and O–H groups in total. The van der Waals surface area contributed by atoms with Crippen molar-refractivity contribution in [3.8, 4) is 17.2 Å². The molecule has 0 atom stereocenters. The number of methoxy groups -OCH3 is 3. The molecule has 5 heteroatoms. The van der Waals surface area contributed by atoms with Gasteiger partial charge < -0.3 is 18.6 Å². The maximum Gasteiger partial charge on any atom is 0.196 e. The van der Waals surface area contributed by atoms with Gasteiger partial charge in [-0.15, -0.1) is 0 Å². The number of rotatable bonds is 5. The topological polar surface area (TPSA) is 57.9 Å². The predicted octanol–water partition coefficient (Wildman–Crippen LogP) is 3.41. The second-order valence-electron chi connectivity index (χ2n) is 5.28. The van der Waals surface area contributed by atoms with Crippen molar-refractivity contribution in [2.75, 3.05) is 21.3 Å². The fourth-order valence-corrected chi connectivity index (χ4v) is 2.68. The molecule has 0 bridgehead atoms. The predicted molar refractivity (Wildman–Crippen MR) is 91.4 cm³/mol. The van der Waals surface area contributed by atoms with Crippen molar-refractivity contribution in [3.05, 3.63) is 64.0 Å². The van der Waals surface area contributed by atoms with Crippen molar-refractivity contribution in [3.63, 3.8) is 0 Å². The van der Waals surface area contributed by atoms with E-state index in [1.807, 2.05) is 18.2 Å². The van der Waals surface area contributed by atoms with Gasteiger partial charge in [0.15, 0.2) is 16.9 Å². The summed E-state index contributed by atoms with van der Waals surface area (Å²) in [5.74, 6) is 2.39. The zero-order valence-corrected chi connectivity index (χ0v) is 13.8. The summed E-state index contributed by atoms with van der Waals surface area (Å²) in [5.41, 5.74) is 1.35. The van der Waals surface area contributed by atoms with Gasteiger partial charge in [0.05, 0.1) is 21.3 Å². The maximum atomic E-state index is 12.4. The number of hydrogen-bond donors (Lipinski definition) is 0. The van der Waals surface area contributed by atoms with Crippen molar-refractivity contribution >= 4 is 11.0 Å². The van der Waals surface area contributed by atoms with Gasteiger partial charge in [0, 0.05) is 12.5 Å². The Labute approximate surface area is 139 Å². The number of fused-ring (bicyclic) bond motifs is 1. The van der Waals surface area contributed by atoms with Crippen molar-refractivity contribution in [1.82, 2.24) is 0 Å². The summed E-state index contributed by atoms with van der Waals surface area (Å²) in [6.07, 6.45) is 0.475. The number of hydrogen-bond acceptors (Lipinski definition) is 5. The lowest BCUT2D eigenvalue weighted by atomic mass is 10.1. The monoisotopic (exact) mass is 326 g/mol. The molecule has 124 valence electrons. The van der Waals surface area contributed by atoms with E-state index in [1.54, 1.807) is 32.4 Å². The Bertz CT molecular complexity index is 927. The van der Waals surface area contributed by atoms with E-state index in [4.69, 9.17) is 18.6 Å². The van der Waals surface area contributed by atoms with E-state index in [0.717, 1.165) is 5.56 Å². The second-order valence-corrected chi connectivity index (χ2v) is 5.28. The summed E-state index contributed by atoms with van der Waals surface area (Å²) in [4.78, 5) is 12.4. The fraction of sp³-hybridized carbons (Fsp3) is 0.211. The third-order valence-electron chi connectivity index (χ3n) is 3.81. The van der Waals surface area contributed by atoms with Crippen LogP contribution in [0.15, 0.2) is 51.7 Å².